The predicted molar refractivity (Wildman–Crippen MR) is 127 cm³/mol. The molecule has 0 aliphatic carbocycles. The van der Waals surface area contributed by atoms with Crippen molar-refractivity contribution in [3.05, 3.63) is 77.6 Å². The Bertz CT molecular complexity index is 1460. The number of carbonyl (C=O) groups is 2. The van der Waals surface area contributed by atoms with Crippen LogP contribution in [0, 0.1) is 0 Å². The summed E-state index contributed by atoms with van der Waals surface area (Å²) in [5.41, 5.74) is -4.67. The second-order valence-electron chi connectivity index (χ2n) is 8.55. The zero-order valence-corrected chi connectivity index (χ0v) is 20.5. The van der Waals surface area contributed by atoms with Crippen LogP contribution < -0.4 is 4.90 Å². The fourth-order valence-corrected chi connectivity index (χ4v) is 4.84. The summed E-state index contributed by atoms with van der Waals surface area (Å²) in [6.07, 6.45) is 3.17. The van der Waals surface area contributed by atoms with Gasteiger partial charge in [0.05, 0.1) is 10.6 Å². The molecule has 2 aromatic carbocycles. The molecule has 188 valence electrons. The number of carbonyl (C=O) groups excluding carboxylic acids is 2. The van der Waals surface area contributed by atoms with Crippen LogP contribution in [-0.2, 0) is 21.2 Å². The number of hydrogen-bond acceptors (Lipinski definition) is 5. The normalized spacial score (nSPS) is 16.1. The molecular weight excluding hydrogens is 519 g/mol. The Balaban J connectivity index is 1.67. The molecular formula is C24H19ClF3N3O4S. The van der Waals surface area contributed by atoms with E-state index in [-0.39, 0.29) is 12.2 Å². The van der Waals surface area contributed by atoms with E-state index in [1.165, 1.54) is 4.90 Å². The van der Waals surface area contributed by atoms with E-state index in [9.17, 15) is 31.2 Å². The highest BCUT2D eigenvalue weighted by Gasteiger charge is 2.52. The van der Waals surface area contributed by atoms with Gasteiger partial charge >= 0.3 is 11.5 Å². The number of urea groups is 1. The molecule has 12 heteroatoms. The molecule has 0 saturated carbocycles. The zero-order chi connectivity index (χ0) is 26.5. The first-order valence-electron chi connectivity index (χ1n) is 10.5. The quantitative estimate of drug-likeness (QED) is 0.404. The number of rotatable bonds is 5. The zero-order valence-electron chi connectivity index (χ0n) is 19.0. The summed E-state index contributed by atoms with van der Waals surface area (Å²) in [4.78, 5) is 31.9. The van der Waals surface area contributed by atoms with Crippen LogP contribution in [-0.4, -0.2) is 41.3 Å². The summed E-state index contributed by atoms with van der Waals surface area (Å²) in [6, 6.07) is 11.5. The number of aromatic nitrogens is 1. The maximum absolute atomic E-state index is 13.4. The van der Waals surface area contributed by atoms with Gasteiger partial charge in [-0.25, -0.2) is 18.1 Å². The molecule has 3 amide bonds. The van der Waals surface area contributed by atoms with Crippen molar-refractivity contribution in [2.45, 2.75) is 36.3 Å². The highest BCUT2D eigenvalue weighted by Crippen LogP contribution is 2.37. The molecule has 0 spiro atoms. The molecule has 0 N–H and O–H groups in total. The second-order valence-corrected chi connectivity index (χ2v) is 10.9. The van der Waals surface area contributed by atoms with Gasteiger partial charge in [0, 0.05) is 29.5 Å². The molecule has 7 nitrogen and oxygen atoms in total. The van der Waals surface area contributed by atoms with Gasteiger partial charge in [-0.3, -0.25) is 9.78 Å². The number of alkyl halides is 3. The van der Waals surface area contributed by atoms with Gasteiger partial charge in [0.25, 0.3) is 15.7 Å². The van der Waals surface area contributed by atoms with Gasteiger partial charge in [0.15, 0.2) is 0 Å². The topological polar surface area (TPSA) is 87.7 Å². The van der Waals surface area contributed by atoms with Gasteiger partial charge in [0.1, 0.15) is 5.54 Å². The molecule has 0 unspecified atom stereocenters. The number of amides is 3. The van der Waals surface area contributed by atoms with E-state index in [0.717, 1.165) is 22.6 Å². The van der Waals surface area contributed by atoms with E-state index in [0.29, 0.717) is 28.3 Å². The standard InChI is InChI=1S/C24H19ClF3N3O4S/c1-23(2)21(32)31(18-6-8-19(9-7-18)36(34,35)24(26,27)28)22(33)30(23)14-16-10-11-29-13-20(16)15-4-3-5-17(25)12-15/h3-13H,14H2,1-2H3. The van der Waals surface area contributed by atoms with Crippen molar-refractivity contribution >= 4 is 39.1 Å². The molecule has 4 rings (SSSR count). The maximum atomic E-state index is 13.4. The number of imide groups is 1. The third-order valence-electron chi connectivity index (χ3n) is 5.91. The minimum absolute atomic E-state index is 0.0268. The SMILES string of the molecule is CC1(C)C(=O)N(c2ccc(S(=O)(=O)C(F)(F)F)cc2)C(=O)N1Cc1ccncc1-c1cccc(Cl)c1. The molecule has 1 aliphatic rings. The Hall–Kier alpha value is -3.44. The Kier molecular flexibility index (Phi) is 6.34. The van der Waals surface area contributed by atoms with E-state index in [1.807, 2.05) is 6.07 Å². The second kappa shape index (κ2) is 8.90. The van der Waals surface area contributed by atoms with Crippen LogP contribution >= 0.6 is 11.6 Å². The number of benzene rings is 2. The fourth-order valence-electron chi connectivity index (χ4n) is 3.88. The number of sulfone groups is 1. The van der Waals surface area contributed by atoms with Crippen molar-refractivity contribution in [1.29, 1.82) is 0 Å². The molecule has 36 heavy (non-hydrogen) atoms. The Morgan fingerprint density at radius 3 is 2.31 bits per heavy atom. The summed E-state index contributed by atoms with van der Waals surface area (Å²) in [5, 5.41) is 0.511. The molecule has 3 aromatic rings. The lowest BCUT2D eigenvalue weighted by Gasteiger charge is -2.28. The van der Waals surface area contributed by atoms with Crippen LogP contribution in [0.5, 0.6) is 0 Å². The average Bonchev–Trinajstić information content (AvgIpc) is 2.98. The minimum atomic E-state index is -5.57. The van der Waals surface area contributed by atoms with Crippen LogP contribution in [0.15, 0.2) is 71.9 Å². The first-order valence-corrected chi connectivity index (χ1v) is 12.4. The van der Waals surface area contributed by atoms with Gasteiger partial charge in [-0.05, 0) is 67.4 Å². The first-order chi connectivity index (χ1) is 16.7. The van der Waals surface area contributed by atoms with Crippen LogP contribution in [0.25, 0.3) is 11.1 Å². The van der Waals surface area contributed by atoms with E-state index < -0.39 is 37.7 Å². The largest absolute Gasteiger partial charge is 0.501 e. The van der Waals surface area contributed by atoms with Crippen molar-refractivity contribution in [3.8, 4) is 11.1 Å². The monoisotopic (exact) mass is 537 g/mol. The van der Waals surface area contributed by atoms with E-state index in [2.05, 4.69) is 4.98 Å². The molecule has 0 bridgehead atoms. The van der Waals surface area contributed by atoms with Crippen molar-refractivity contribution in [3.63, 3.8) is 0 Å². The van der Waals surface area contributed by atoms with Gasteiger partial charge in [-0.2, -0.15) is 13.2 Å². The smallest absolute Gasteiger partial charge is 0.305 e. The summed E-state index contributed by atoms with van der Waals surface area (Å²) in [6.45, 7) is 3.13. The summed E-state index contributed by atoms with van der Waals surface area (Å²) >= 11 is 6.12. The number of hydrogen-bond donors (Lipinski definition) is 0. The van der Waals surface area contributed by atoms with Crippen molar-refractivity contribution in [1.82, 2.24) is 9.88 Å². The Labute approximate surface area is 210 Å². The summed E-state index contributed by atoms with van der Waals surface area (Å²) in [5.74, 6) is -0.614. The first kappa shape index (κ1) is 25.6. The lowest BCUT2D eigenvalue weighted by atomic mass is 9.99. The lowest BCUT2D eigenvalue weighted by Crippen LogP contribution is -2.43. The molecule has 1 saturated heterocycles. The Morgan fingerprint density at radius 1 is 1.03 bits per heavy atom. The maximum Gasteiger partial charge on any atom is 0.501 e. The molecule has 1 fully saturated rings. The van der Waals surface area contributed by atoms with E-state index in [1.54, 1.807) is 50.5 Å². The van der Waals surface area contributed by atoms with E-state index >= 15 is 0 Å². The van der Waals surface area contributed by atoms with Crippen molar-refractivity contribution in [2.75, 3.05) is 4.90 Å². The minimum Gasteiger partial charge on any atom is -0.305 e. The van der Waals surface area contributed by atoms with Crippen LogP contribution in [0.1, 0.15) is 19.4 Å². The van der Waals surface area contributed by atoms with Crippen molar-refractivity contribution in [2.24, 2.45) is 0 Å². The predicted octanol–water partition coefficient (Wildman–Crippen LogP) is 5.44. The number of anilines is 1. The van der Waals surface area contributed by atoms with Crippen molar-refractivity contribution < 1.29 is 31.2 Å². The van der Waals surface area contributed by atoms with Gasteiger partial charge in [-0.1, -0.05) is 23.7 Å². The third-order valence-corrected chi connectivity index (χ3v) is 7.65. The van der Waals surface area contributed by atoms with Gasteiger partial charge in [0.2, 0.25) is 0 Å². The molecule has 2 heterocycles. The fraction of sp³-hybridized carbons (Fsp3) is 0.208. The third kappa shape index (κ3) is 4.33. The molecule has 1 aliphatic heterocycles. The highest BCUT2D eigenvalue weighted by atomic mass is 35.5. The molecule has 1 aromatic heterocycles. The highest BCUT2D eigenvalue weighted by molar-refractivity contribution is 7.92. The van der Waals surface area contributed by atoms with Crippen LogP contribution in [0.2, 0.25) is 5.02 Å². The average molecular weight is 538 g/mol. The number of halogens is 4. The van der Waals surface area contributed by atoms with Gasteiger partial charge < -0.3 is 4.90 Å². The van der Waals surface area contributed by atoms with Crippen LogP contribution in [0.4, 0.5) is 23.7 Å². The summed E-state index contributed by atoms with van der Waals surface area (Å²) < 4.78 is 61.9. The van der Waals surface area contributed by atoms with Crippen LogP contribution in [0.3, 0.4) is 0 Å². The number of pyridine rings is 1. The van der Waals surface area contributed by atoms with Gasteiger partial charge in [-0.15, -0.1) is 0 Å². The van der Waals surface area contributed by atoms with E-state index in [4.69, 9.17) is 11.6 Å². The molecule has 0 atom stereocenters. The Morgan fingerprint density at radius 2 is 1.69 bits per heavy atom. The molecule has 0 radical (unpaired) electrons. The lowest BCUT2D eigenvalue weighted by molar-refractivity contribution is -0.123. The number of nitrogens with zero attached hydrogens (tertiary/aromatic N) is 3. The summed E-state index contributed by atoms with van der Waals surface area (Å²) in [7, 11) is -5.57.